The van der Waals surface area contributed by atoms with Crippen molar-refractivity contribution in [2.75, 3.05) is 6.54 Å². The number of carbonyl (C=O) groups is 1. The van der Waals surface area contributed by atoms with Crippen LogP contribution < -0.4 is 0 Å². The van der Waals surface area contributed by atoms with E-state index in [1.165, 1.54) is 24.3 Å². The van der Waals surface area contributed by atoms with Gasteiger partial charge in [0.05, 0.1) is 30.2 Å². The Morgan fingerprint density at radius 3 is 2.63 bits per heavy atom. The number of fused-ring (bicyclic) bond motifs is 1. The van der Waals surface area contributed by atoms with Crippen LogP contribution in [0.1, 0.15) is 11.3 Å². The molecule has 0 saturated carbocycles. The molecule has 2 aromatic carbocycles. The standard InChI is InChI=1S/C19H15ClF2N4O/c20-15-9-12(1-6-16(15)22)10-18(27)25-7-8-26-17(11-25)19(23-24-26)13-2-4-14(21)5-3-13/h1-6,9H,7-8,10-11H2. The van der Waals surface area contributed by atoms with Crippen molar-refractivity contribution in [2.45, 2.75) is 19.5 Å². The number of nitrogens with zero attached hydrogens (tertiary/aromatic N) is 4. The third-order valence-electron chi connectivity index (χ3n) is 4.57. The first kappa shape index (κ1) is 17.6. The van der Waals surface area contributed by atoms with Gasteiger partial charge in [-0.15, -0.1) is 5.10 Å². The van der Waals surface area contributed by atoms with Crippen LogP contribution in [0.3, 0.4) is 0 Å². The Bertz CT molecular complexity index is 1000. The van der Waals surface area contributed by atoms with Gasteiger partial charge in [0, 0.05) is 12.1 Å². The Morgan fingerprint density at radius 2 is 1.89 bits per heavy atom. The van der Waals surface area contributed by atoms with Gasteiger partial charge in [0.25, 0.3) is 0 Å². The van der Waals surface area contributed by atoms with Crippen molar-refractivity contribution in [1.82, 2.24) is 19.9 Å². The molecule has 1 aliphatic heterocycles. The molecule has 27 heavy (non-hydrogen) atoms. The van der Waals surface area contributed by atoms with E-state index in [1.807, 2.05) is 0 Å². The van der Waals surface area contributed by atoms with Crippen molar-refractivity contribution < 1.29 is 13.6 Å². The second-order valence-electron chi connectivity index (χ2n) is 6.36. The lowest BCUT2D eigenvalue weighted by atomic mass is 10.1. The average molecular weight is 389 g/mol. The quantitative estimate of drug-likeness (QED) is 0.690. The Balaban J connectivity index is 1.53. The molecule has 1 aromatic heterocycles. The van der Waals surface area contributed by atoms with E-state index in [1.54, 1.807) is 27.8 Å². The van der Waals surface area contributed by atoms with E-state index in [-0.39, 0.29) is 23.2 Å². The molecule has 0 fully saturated rings. The van der Waals surface area contributed by atoms with Gasteiger partial charge in [-0.05, 0) is 42.0 Å². The fourth-order valence-corrected chi connectivity index (χ4v) is 3.33. The molecule has 5 nitrogen and oxygen atoms in total. The molecule has 1 aliphatic rings. The number of aromatic nitrogens is 3. The topological polar surface area (TPSA) is 51.0 Å². The summed E-state index contributed by atoms with van der Waals surface area (Å²) in [5.74, 6) is -0.922. The summed E-state index contributed by atoms with van der Waals surface area (Å²) in [7, 11) is 0. The molecular formula is C19H15ClF2N4O. The minimum Gasteiger partial charge on any atom is -0.335 e. The average Bonchev–Trinajstić information content (AvgIpc) is 3.08. The predicted octanol–water partition coefficient (Wildman–Crippen LogP) is 3.46. The molecule has 8 heteroatoms. The van der Waals surface area contributed by atoms with Crippen molar-refractivity contribution in [3.05, 3.63) is 70.4 Å². The van der Waals surface area contributed by atoms with Crippen LogP contribution in [0.15, 0.2) is 42.5 Å². The van der Waals surface area contributed by atoms with Gasteiger partial charge in [0.15, 0.2) is 0 Å². The van der Waals surface area contributed by atoms with Gasteiger partial charge >= 0.3 is 0 Å². The number of carbonyl (C=O) groups excluding carboxylic acids is 1. The second kappa shape index (κ2) is 7.08. The van der Waals surface area contributed by atoms with Crippen LogP contribution in [0.2, 0.25) is 5.02 Å². The molecule has 2 heterocycles. The molecule has 1 amide bonds. The molecule has 138 valence electrons. The first-order valence-electron chi connectivity index (χ1n) is 8.41. The largest absolute Gasteiger partial charge is 0.335 e. The lowest BCUT2D eigenvalue weighted by Crippen LogP contribution is -2.39. The molecule has 0 radical (unpaired) electrons. The van der Waals surface area contributed by atoms with Crippen molar-refractivity contribution >= 4 is 17.5 Å². The van der Waals surface area contributed by atoms with E-state index in [0.29, 0.717) is 30.9 Å². The molecule has 4 rings (SSSR count). The third kappa shape index (κ3) is 3.55. The maximum Gasteiger partial charge on any atom is 0.227 e. The van der Waals surface area contributed by atoms with Gasteiger partial charge < -0.3 is 4.90 Å². The van der Waals surface area contributed by atoms with E-state index < -0.39 is 5.82 Å². The Morgan fingerprint density at radius 1 is 1.11 bits per heavy atom. The highest BCUT2D eigenvalue weighted by molar-refractivity contribution is 6.30. The van der Waals surface area contributed by atoms with Crippen molar-refractivity contribution in [1.29, 1.82) is 0 Å². The zero-order chi connectivity index (χ0) is 19.0. The fraction of sp³-hybridized carbons (Fsp3) is 0.211. The lowest BCUT2D eigenvalue weighted by Gasteiger charge is -2.28. The molecule has 0 saturated heterocycles. The summed E-state index contributed by atoms with van der Waals surface area (Å²) < 4.78 is 28.2. The summed E-state index contributed by atoms with van der Waals surface area (Å²) >= 11 is 5.79. The maximum atomic E-state index is 13.3. The Kier molecular flexibility index (Phi) is 4.61. The van der Waals surface area contributed by atoms with Crippen LogP contribution in [0, 0.1) is 11.6 Å². The molecule has 0 atom stereocenters. The third-order valence-corrected chi connectivity index (χ3v) is 4.86. The molecule has 0 unspecified atom stereocenters. The number of amides is 1. The maximum absolute atomic E-state index is 13.3. The van der Waals surface area contributed by atoms with Crippen LogP contribution in [0.25, 0.3) is 11.3 Å². The van der Waals surface area contributed by atoms with Gasteiger partial charge in [-0.2, -0.15) is 0 Å². The van der Waals surface area contributed by atoms with Crippen molar-refractivity contribution in [3.63, 3.8) is 0 Å². The van der Waals surface area contributed by atoms with Crippen LogP contribution in [0.4, 0.5) is 8.78 Å². The second-order valence-corrected chi connectivity index (χ2v) is 6.76. The summed E-state index contributed by atoms with van der Waals surface area (Å²) in [6.07, 6.45) is 0.132. The smallest absolute Gasteiger partial charge is 0.227 e. The van der Waals surface area contributed by atoms with Gasteiger partial charge in [-0.1, -0.05) is 22.9 Å². The van der Waals surface area contributed by atoms with E-state index in [2.05, 4.69) is 10.3 Å². The van der Waals surface area contributed by atoms with Gasteiger partial charge in [-0.25, -0.2) is 13.5 Å². The SMILES string of the molecule is O=C(Cc1ccc(F)c(Cl)c1)N1CCn2nnc(-c3ccc(F)cc3)c2C1. The van der Waals surface area contributed by atoms with Crippen molar-refractivity contribution in [2.24, 2.45) is 0 Å². The molecule has 0 aliphatic carbocycles. The fourth-order valence-electron chi connectivity index (χ4n) is 3.13. The number of rotatable bonds is 3. The van der Waals surface area contributed by atoms with Gasteiger partial charge in [0.1, 0.15) is 17.3 Å². The van der Waals surface area contributed by atoms with E-state index in [0.717, 1.165) is 11.3 Å². The first-order valence-corrected chi connectivity index (χ1v) is 8.79. The van der Waals surface area contributed by atoms with Gasteiger partial charge in [0.2, 0.25) is 5.91 Å². The number of hydrogen-bond acceptors (Lipinski definition) is 3. The highest BCUT2D eigenvalue weighted by Crippen LogP contribution is 2.25. The van der Waals surface area contributed by atoms with E-state index in [9.17, 15) is 13.6 Å². The monoisotopic (exact) mass is 388 g/mol. The molecule has 3 aromatic rings. The minimum absolute atomic E-state index is 0.000170. The lowest BCUT2D eigenvalue weighted by molar-refractivity contribution is -0.131. The van der Waals surface area contributed by atoms with Crippen LogP contribution in [0.5, 0.6) is 0 Å². The summed E-state index contributed by atoms with van der Waals surface area (Å²) in [4.78, 5) is 14.4. The number of benzene rings is 2. The zero-order valence-electron chi connectivity index (χ0n) is 14.2. The summed E-state index contributed by atoms with van der Waals surface area (Å²) in [6.45, 7) is 1.39. The number of hydrogen-bond donors (Lipinski definition) is 0. The van der Waals surface area contributed by atoms with E-state index >= 15 is 0 Å². The molecule has 0 spiro atoms. The summed E-state index contributed by atoms with van der Waals surface area (Å²) in [5, 5.41) is 8.32. The predicted molar refractivity (Wildman–Crippen MR) is 95.9 cm³/mol. The van der Waals surface area contributed by atoms with Crippen LogP contribution in [-0.2, 0) is 24.3 Å². The zero-order valence-corrected chi connectivity index (χ0v) is 15.0. The normalized spacial score (nSPS) is 13.5. The Labute approximate surface area is 159 Å². The summed E-state index contributed by atoms with van der Waals surface area (Å²) in [6, 6.07) is 10.3. The Hall–Kier alpha value is -2.80. The van der Waals surface area contributed by atoms with Crippen molar-refractivity contribution in [3.8, 4) is 11.3 Å². The highest BCUT2D eigenvalue weighted by Gasteiger charge is 2.25. The van der Waals surface area contributed by atoms with Crippen LogP contribution in [-0.4, -0.2) is 32.3 Å². The van der Waals surface area contributed by atoms with E-state index in [4.69, 9.17) is 11.6 Å². The van der Waals surface area contributed by atoms with Gasteiger partial charge in [-0.3, -0.25) is 4.79 Å². The molecule has 0 bridgehead atoms. The number of halogens is 3. The highest BCUT2D eigenvalue weighted by atomic mass is 35.5. The minimum atomic E-state index is -0.509. The molecule has 0 N–H and O–H groups in total. The first-order chi connectivity index (χ1) is 13.0. The molecular weight excluding hydrogens is 374 g/mol. The van der Waals surface area contributed by atoms with Crippen LogP contribution >= 0.6 is 11.6 Å². The summed E-state index contributed by atoms with van der Waals surface area (Å²) in [5.41, 5.74) is 2.84.